The number of hydrogen-bond acceptors (Lipinski definition) is 5. The third-order valence-corrected chi connectivity index (χ3v) is 3.35. The van der Waals surface area contributed by atoms with E-state index in [1.54, 1.807) is 25.4 Å². The van der Waals surface area contributed by atoms with Gasteiger partial charge in [-0.05, 0) is 44.5 Å². The van der Waals surface area contributed by atoms with Gasteiger partial charge < -0.3 is 20.1 Å². The molecule has 0 aliphatic carbocycles. The summed E-state index contributed by atoms with van der Waals surface area (Å²) in [4.78, 5) is 16.5. The Bertz CT molecular complexity index is 689. The molecule has 0 atom stereocenters. The number of benzene rings is 1. The van der Waals surface area contributed by atoms with E-state index in [9.17, 15) is 4.79 Å². The molecular weight excluding hydrogens is 318 g/mol. The van der Waals surface area contributed by atoms with Gasteiger partial charge in [-0.1, -0.05) is 12.1 Å². The number of hydrogen-bond donors (Lipinski definition) is 2. The van der Waals surface area contributed by atoms with E-state index in [1.165, 1.54) is 0 Å². The molecule has 2 N–H and O–H groups in total. The Morgan fingerprint density at radius 1 is 1.24 bits per heavy atom. The smallest absolute Gasteiger partial charge is 0.251 e. The second kappa shape index (κ2) is 9.64. The summed E-state index contributed by atoms with van der Waals surface area (Å²) in [5.74, 6) is 1.20. The van der Waals surface area contributed by atoms with Gasteiger partial charge in [0.1, 0.15) is 11.6 Å². The average molecular weight is 343 g/mol. The minimum Gasteiger partial charge on any atom is -0.489 e. The highest BCUT2D eigenvalue weighted by molar-refractivity contribution is 5.94. The van der Waals surface area contributed by atoms with Gasteiger partial charge in [-0.15, -0.1) is 0 Å². The Labute approximate surface area is 148 Å². The van der Waals surface area contributed by atoms with Crippen molar-refractivity contribution in [3.8, 4) is 5.75 Å². The molecule has 0 aliphatic rings. The maximum absolute atomic E-state index is 12.2. The van der Waals surface area contributed by atoms with E-state index in [-0.39, 0.29) is 12.0 Å². The number of anilines is 2. The molecule has 0 saturated heterocycles. The highest BCUT2D eigenvalue weighted by atomic mass is 16.5. The van der Waals surface area contributed by atoms with Crippen LogP contribution in [0.25, 0.3) is 0 Å². The Balaban J connectivity index is 2.05. The molecule has 0 spiro atoms. The molecule has 1 amide bonds. The number of amides is 1. The highest BCUT2D eigenvalue weighted by Crippen LogP contribution is 2.27. The molecule has 0 radical (unpaired) electrons. The lowest BCUT2D eigenvalue weighted by atomic mass is 10.2. The van der Waals surface area contributed by atoms with Crippen molar-refractivity contribution in [2.75, 3.05) is 25.6 Å². The molecule has 0 unspecified atom stereocenters. The summed E-state index contributed by atoms with van der Waals surface area (Å²) in [5, 5.41) is 6.08. The number of rotatable bonds is 9. The van der Waals surface area contributed by atoms with Crippen molar-refractivity contribution in [2.24, 2.45) is 0 Å². The lowest BCUT2D eigenvalue weighted by molar-refractivity contribution is 0.0948. The number of pyridine rings is 1. The number of ether oxygens (including phenoxy) is 2. The van der Waals surface area contributed by atoms with Crippen molar-refractivity contribution < 1.29 is 14.3 Å². The van der Waals surface area contributed by atoms with Crippen molar-refractivity contribution in [2.45, 2.75) is 26.4 Å². The van der Waals surface area contributed by atoms with E-state index in [1.807, 2.05) is 38.1 Å². The van der Waals surface area contributed by atoms with Crippen LogP contribution in [0.3, 0.4) is 0 Å². The van der Waals surface area contributed by atoms with Gasteiger partial charge in [-0.25, -0.2) is 4.98 Å². The molecule has 134 valence electrons. The zero-order valence-electron chi connectivity index (χ0n) is 14.9. The highest BCUT2D eigenvalue weighted by Gasteiger charge is 2.09. The Morgan fingerprint density at radius 3 is 2.80 bits per heavy atom. The predicted octanol–water partition coefficient (Wildman–Crippen LogP) is 3.38. The number of carbonyl (C=O) groups excluding carboxylic acids is 1. The second-order valence-electron chi connectivity index (χ2n) is 5.82. The first kappa shape index (κ1) is 18.7. The minimum atomic E-state index is -0.131. The fourth-order valence-corrected chi connectivity index (χ4v) is 2.23. The fourth-order valence-electron chi connectivity index (χ4n) is 2.23. The van der Waals surface area contributed by atoms with E-state index in [0.29, 0.717) is 24.5 Å². The fraction of sp³-hybridized carbons (Fsp3) is 0.368. The molecule has 6 heteroatoms. The maximum Gasteiger partial charge on any atom is 0.251 e. The predicted molar refractivity (Wildman–Crippen MR) is 98.6 cm³/mol. The molecule has 0 bridgehead atoms. The molecule has 0 saturated carbocycles. The molecular formula is C19H25N3O3. The van der Waals surface area contributed by atoms with Gasteiger partial charge in [0.05, 0.1) is 11.8 Å². The van der Waals surface area contributed by atoms with Gasteiger partial charge in [-0.3, -0.25) is 4.79 Å². The molecule has 0 aliphatic heterocycles. The quantitative estimate of drug-likeness (QED) is 0.683. The zero-order valence-corrected chi connectivity index (χ0v) is 14.9. The van der Waals surface area contributed by atoms with Crippen LogP contribution in [0, 0.1) is 0 Å². The first-order chi connectivity index (χ1) is 12.1. The topological polar surface area (TPSA) is 72.5 Å². The SMILES string of the molecule is COCCCNC(=O)c1ccnc(Nc2ccccc2OC(C)C)c1. The van der Waals surface area contributed by atoms with Crippen molar-refractivity contribution in [1.82, 2.24) is 10.3 Å². The Hall–Kier alpha value is -2.60. The van der Waals surface area contributed by atoms with Gasteiger partial charge in [0.25, 0.3) is 5.91 Å². The van der Waals surface area contributed by atoms with Gasteiger partial charge in [0.2, 0.25) is 0 Å². The van der Waals surface area contributed by atoms with Crippen LogP contribution in [0.15, 0.2) is 42.6 Å². The van der Waals surface area contributed by atoms with Crippen LogP contribution >= 0.6 is 0 Å². The first-order valence-corrected chi connectivity index (χ1v) is 8.36. The molecule has 2 rings (SSSR count). The average Bonchev–Trinajstić information content (AvgIpc) is 2.60. The summed E-state index contributed by atoms with van der Waals surface area (Å²) in [5.41, 5.74) is 1.36. The summed E-state index contributed by atoms with van der Waals surface area (Å²) in [6, 6.07) is 11.1. The van der Waals surface area contributed by atoms with Crippen molar-refractivity contribution in [3.05, 3.63) is 48.2 Å². The van der Waals surface area contributed by atoms with Gasteiger partial charge in [0, 0.05) is 32.0 Å². The van der Waals surface area contributed by atoms with Gasteiger partial charge >= 0.3 is 0 Å². The molecule has 1 aromatic heterocycles. The third-order valence-electron chi connectivity index (χ3n) is 3.35. The lowest BCUT2D eigenvalue weighted by Crippen LogP contribution is -2.25. The lowest BCUT2D eigenvalue weighted by Gasteiger charge is -2.15. The van der Waals surface area contributed by atoms with Gasteiger partial charge in [-0.2, -0.15) is 0 Å². The summed E-state index contributed by atoms with van der Waals surface area (Å²) < 4.78 is 10.8. The summed E-state index contributed by atoms with van der Waals surface area (Å²) in [7, 11) is 1.64. The Kier molecular flexibility index (Phi) is 7.22. The van der Waals surface area contributed by atoms with Gasteiger partial charge in [0.15, 0.2) is 0 Å². The van der Waals surface area contributed by atoms with Crippen LogP contribution in [0.4, 0.5) is 11.5 Å². The first-order valence-electron chi connectivity index (χ1n) is 8.36. The number of nitrogens with one attached hydrogen (secondary N) is 2. The number of carbonyl (C=O) groups is 1. The van der Waals surface area contributed by atoms with Crippen LogP contribution in [0.5, 0.6) is 5.75 Å². The van der Waals surface area contributed by atoms with Crippen molar-refractivity contribution in [3.63, 3.8) is 0 Å². The normalized spacial score (nSPS) is 10.6. The number of nitrogens with zero attached hydrogens (tertiary/aromatic N) is 1. The van der Waals surface area contributed by atoms with E-state index in [4.69, 9.17) is 9.47 Å². The number of aromatic nitrogens is 1. The summed E-state index contributed by atoms with van der Waals surface area (Å²) >= 11 is 0. The zero-order chi connectivity index (χ0) is 18.1. The van der Waals surface area contributed by atoms with Crippen LogP contribution in [0.1, 0.15) is 30.6 Å². The van der Waals surface area contributed by atoms with Crippen LogP contribution < -0.4 is 15.4 Å². The number of methoxy groups -OCH3 is 1. The van der Waals surface area contributed by atoms with Crippen LogP contribution in [0.2, 0.25) is 0 Å². The monoisotopic (exact) mass is 343 g/mol. The maximum atomic E-state index is 12.2. The van der Waals surface area contributed by atoms with E-state index in [0.717, 1.165) is 17.9 Å². The molecule has 25 heavy (non-hydrogen) atoms. The second-order valence-corrected chi connectivity index (χ2v) is 5.82. The summed E-state index contributed by atoms with van der Waals surface area (Å²) in [6.07, 6.45) is 2.46. The van der Waals surface area contributed by atoms with E-state index >= 15 is 0 Å². The van der Waals surface area contributed by atoms with Crippen molar-refractivity contribution in [1.29, 1.82) is 0 Å². The molecule has 0 fully saturated rings. The van der Waals surface area contributed by atoms with Crippen LogP contribution in [-0.4, -0.2) is 37.3 Å². The molecule has 2 aromatic rings. The summed E-state index contributed by atoms with van der Waals surface area (Å²) in [6.45, 7) is 5.14. The molecule has 6 nitrogen and oxygen atoms in total. The minimum absolute atomic E-state index is 0.0696. The standard InChI is InChI=1S/C19H25N3O3/c1-14(2)25-17-8-5-4-7-16(17)22-18-13-15(9-11-20-18)19(23)21-10-6-12-24-3/h4-5,7-9,11,13-14H,6,10,12H2,1-3H3,(H,20,22)(H,21,23). The number of para-hydroxylation sites is 2. The van der Waals surface area contributed by atoms with E-state index in [2.05, 4.69) is 15.6 Å². The van der Waals surface area contributed by atoms with Crippen LogP contribution in [-0.2, 0) is 4.74 Å². The van der Waals surface area contributed by atoms with Crippen molar-refractivity contribution >= 4 is 17.4 Å². The Morgan fingerprint density at radius 2 is 2.04 bits per heavy atom. The van der Waals surface area contributed by atoms with E-state index < -0.39 is 0 Å². The molecule has 1 aromatic carbocycles. The molecule has 1 heterocycles. The third kappa shape index (κ3) is 6.08. The largest absolute Gasteiger partial charge is 0.489 e.